The number of aryl methyl sites for hydroxylation is 2. The third kappa shape index (κ3) is 3.13. The van der Waals surface area contributed by atoms with Crippen molar-refractivity contribution in [2.75, 3.05) is 5.32 Å². The van der Waals surface area contributed by atoms with Crippen molar-refractivity contribution < 1.29 is 4.79 Å². The molecule has 5 heteroatoms. The number of anilines is 1. The van der Waals surface area contributed by atoms with Crippen LogP contribution in [0, 0.1) is 6.92 Å². The largest absolute Gasteiger partial charge is 0.321 e. The number of hydrogen-bond acceptors (Lipinski definition) is 4. The molecule has 0 saturated heterocycles. The van der Waals surface area contributed by atoms with Gasteiger partial charge in [0, 0.05) is 17.6 Å². The summed E-state index contributed by atoms with van der Waals surface area (Å²) in [6.45, 7) is 3.99. The molecule has 0 fully saturated rings. The summed E-state index contributed by atoms with van der Waals surface area (Å²) >= 11 is 1.45. The Morgan fingerprint density at radius 2 is 2.28 bits per heavy atom. The van der Waals surface area contributed by atoms with Gasteiger partial charge < -0.3 is 5.32 Å². The summed E-state index contributed by atoms with van der Waals surface area (Å²) in [5, 5.41) is 3.85. The van der Waals surface area contributed by atoms with E-state index in [-0.39, 0.29) is 5.91 Å². The maximum atomic E-state index is 12.0. The van der Waals surface area contributed by atoms with Gasteiger partial charge in [0.25, 0.3) is 5.91 Å². The highest BCUT2D eigenvalue weighted by molar-refractivity contribution is 7.13. The molecule has 94 valence electrons. The molecule has 2 aromatic rings. The summed E-state index contributed by atoms with van der Waals surface area (Å²) < 4.78 is 0. The lowest BCUT2D eigenvalue weighted by atomic mass is 10.3. The van der Waals surface area contributed by atoms with Crippen LogP contribution >= 0.6 is 11.3 Å². The molecule has 2 rings (SSSR count). The molecule has 0 aliphatic heterocycles. The van der Waals surface area contributed by atoms with Gasteiger partial charge in [-0.1, -0.05) is 6.92 Å². The fourth-order valence-electron chi connectivity index (χ4n) is 1.56. The van der Waals surface area contributed by atoms with E-state index in [1.807, 2.05) is 13.0 Å². The SMILES string of the molecule is CCCc1ncc(C(=O)Nc2ccnc(C)c2)s1. The van der Waals surface area contributed by atoms with Gasteiger partial charge in [-0.15, -0.1) is 11.3 Å². The maximum absolute atomic E-state index is 12.0. The first-order chi connectivity index (χ1) is 8.69. The van der Waals surface area contributed by atoms with Gasteiger partial charge in [0.05, 0.1) is 11.2 Å². The molecule has 1 N–H and O–H groups in total. The fourth-order valence-corrected chi connectivity index (χ4v) is 2.48. The highest BCUT2D eigenvalue weighted by atomic mass is 32.1. The lowest BCUT2D eigenvalue weighted by Gasteiger charge is -2.03. The van der Waals surface area contributed by atoms with Gasteiger partial charge >= 0.3 is 0 Å². The van der Waals surface area contributed by atoms with Crippen LogP contribution in [-0.2, 0) is 6.42 Å². The molecule has 0 bridgehead atoms. The number of nitrogens with one attached hydrogen (secondary N) is 1. The number of rotatable bonds is 4. The maximum Gasteiger partial charge on any atom is 0.267 e. The van der Waals surface area contributed by atoms with Gasteiger partial charge in [-0.3, -0.25) is 9.78 Å². The van der Waals surface area contributed by atoms with Crippen LogP contribution in [0.1, 0.15) is 33.7 Å². The summed E-state index contributed by atoms with van der Waals surface area (Å²) in [7, 11) is 0. The van der Waals surface area contributed by atoms with Crippen LogP contribution in [0.3, 0.4) is 0 Å². The minimum atomic E-state index is -0.111. The standard InChI is InChI=1S/C13H15N3OS/c1-3-4-12-15-8-11(18-12)13(17)16-10-5-6-14-9(2)7-10/h5-8H,3-4H2,1-2H3,(H,14,16,17). The van der Waals surface area contributed by atoms with Crippen molar-refractivity contribution in [3.8, 4) is 0 Å². The smallest absolute Gasteiger partial charge is 0.267 e. The third-order valence-electron chi connectivity index (χ3n) is 2.40. The zero-order chi connectivity index (χ0) is 13.0. The Morgan fingerprint density at radius 3 is 3.00 bits per heavy atom. The molecule has 0 saturated carbocycles. The summed E-state index contributed by atoms with van der Waals surface area (Å²) in [5.74, 6) is -0.111. The monoisotopic (exact) mass is 261 g/mol. The van der Waals surface area contributed by atoms with Gasteiger partial charge in [0.15, 0.2) is 0 Å². The molecule has 0 aliphatic carbocycles. The molecule has 18 heavy (non-hydrogen) atoms. The Kier molecular flexibility index (Phi) is 4.04. The number of nitrogens with zero attached hydrogens (tertiary/aromatic N) is 2. The Morgan fingerprint density at radius 1 is 1.44 bits per heavy atom. The number of carbonyl (C=O) groups is 1. The van der Waals surface area contributed by atoms with Gasteiger partial charge in [-0.25, -0.2) is 4.98 Å². The second kappa shape index (κ2) is 5.73. The number of amides is 1. The predicted molar refractivity (Wildman–Crippen MR) is 73.0 cm³/mol. The van der Waals surface area contributed by atoms with E-state index in [4.69, 9.17) is 0 Å². The topological polar surface area (TPSA) is 54.9 Å². The van der Waals surface area contributed by atoms with Crippen molar-refractivity contribution >= 4 is 22.9 Å². The number of pyridine rings is 1. The van der Waals surface area contributed by atoms with Gasteiger partial charge in [-0.2, -0.15) is 0 Å². The fraction of sp³-hybridized carbons (Fsp3) is 0.308. The Labute approximate surface area is 110 Å². The molecular weight excluding hydrogens is 246 g/mol. The van der Waals surface area contributed by atoms with Gasteiger partial charge in [0.1, 0.15) is 4.88 Å². The Balaban J connectivity index is 2.07. The van der Waals surface area contributed by atoms with Crippen LogP contribution < -0.4 is 5.32 Å². The number of hydrogen-bond donors (Lipinski definition) is 1. The number of aromatic nitrogens is 2. The molecule has 0 unspecified atom stereocenters. The third-order valence-corrected chi connectivity index (χ3v) is 3.45. The summed E-state index contributed by atoms with van der Waals surface area (Å²) in [6.07, 6.45) is 5.28. The normalized spacial score (nSPS) is 10.3. The van der Waals surface area contributed by atoms with E-state index < -0.39 is 0 Å². The van der Waals surface area contributed by atoms with E-state index >= 15 is 0 Å². The zero-order valence-electron chi connectivity index (χ0n) is 10.4. The van der Waals surface area contributed by atoms with Crippen molar-refractivity contribution in [2.24, 2.45) is 0 Å². The average molecular weight is 261 g/mol. The van der Waals surface area contributed by atoms with Crippen LogP contribution in [0.15, 0.2) is 24.5 Å². The Bertz CT molecular complexity index is 551. The van der Waals surface area contributed by atoms with E-state index in [0.717, 1.165) is 29.2 Å². The quantitative estimate of drug-likeness (QED) is 0.920. The predicted octanol–water partition coefficient (Wildman–Crippen LogP) is 3.05. The molecule has 0 atom stereocenters. The van der Waals surface area contributed by atoms with Crippen LogP contribution in [0.25, 0.3) is 0 Å². The second-order valence-corrected chi connectivity index (χ2v) is 5.12. The molecule has 0 spiro atoms. The molecule has 4 nitrogen and oxygen atoms in total. The van der Waals surface area contributed by atoms with E-state index in [9.17, 15) is 4.79 Å². The van der Waals surface area contributed by atoms with Crippen molar-refractivity contribution in [3.05, 3.63) is 40.1 Å². The number of carbonyl (C=O) groups excluding carboxylic acids is 1. The first kappa shape index (κ1) is 12.7. The molecule has 0 aliphatic rings. The zero-order valence-corrected chi connectivity index (χ0v) is 11.3. The summed E-state index contributed by atoms with van der Waals surface area (Å²) in [6, 6.07) is 3.62. The minimum absolute atomic E-state index is 0.111. The van der Waals surface area contributed by atoms with Crippen molar-refractivity contribution in [1.82, 2.24) is 9.97 Å². The molecule has 0 radical (unpaired) electrons. The van der Waals surface area contributed by atoms with E-state index in [1.54, 1.807) is 18.5 Å². The molecule has 0 aromatic carbocycles. The van der Waals surface area contributed by atoms with Crippen LogP contribution in [0.4, 0.5) is 5.69 Å². The van der Waals surface area contributed by atoms with Crippen molar-refractivity contribution in [1.29, 1.82) is 0 Å². The molecule has 2 aromatic heterocycles. The summed E-state index contributed by atoms with van der Waals surface area (Å²) in [4.78, 5) is 20.9. The van der Waals surface area contributed by atoms with Crippen LogP contribution in [0.5, 0.6) is 0 Å². The molecular formula is C13H15N3OS. The molecule has 2 heterocycles. The van der Waals surface area contributed by atoms with Gasteiger partial charge in [-0.05, 0) is 31.9 Å². The van der Waals surface area contributed by atoms with E-state index in [0.29, 0.717) is 4.88 Å². The van der Waals surface area contributed by atoms with Crippen molar-refractivity contribution in [2.45, 2.75) is 26.7 Å². The first-order valence-corrected chi connectivity index (χ1v) is 6.69. The Hall–Kier alpha value is -1.75. The highest BCUT2D eigenvalue weighted by Crippen LogP contribution is 2.16. The average Bonchev–Trinajstić information content (AvgIpc) is 2.78. The van der Waals surface area contributed by atoms with E-state index in [2.05, 4.69) is 22.2 Å². The lowest BCUT2D eigenvalue weighted by molar-refractivity contribution is 0.103. The first-order valence-electron chi connectivity index (χ1n) is 5.87. The van der Waals surface area contributed by atoms with Crippen LogP contribution in [0.2, 0.25) is 0 Å². The minimum Gasteiger partial charge on any atom is -0.321 e. The van der Waals surface area contributed by atoms with Crippen LogP contribution in [-0.4, -0.2) is 15.9 Å². The lowest BCUT2D eigenvalue weighted by Crippen LogP contribution is -2.10. The summed E-state index contributed by atoms with van der Waals surface area (Å²) in [5.41, 5.74) is 1.64. The number of thiazole rings is 1. The van der Waals surface area contributed by atoms with E-state index in [1.165, 1.54) is 11.3 Å². The molecule has 1 amide bonds. The highest BCUT2D eigenvalue weighted by Gasteiger charge is 2.10. The second-order valence-electron chi connectivity index (χ2n) is 4.01. The van der Waals surface area contributed by atoms with Crippen molar-refractivity contribution in [3.63, 3.8) is 0 Å². The van der Waals surface area contributed by atoms with Gasteiger partial charge in [0.2, 0.25) is 0 Å².